The first kappa shape index (κ1) is 14.7. The lowest BCUT2D eigenvalue weighted by atomic mass is 10.1. The number of anilines is 1. The molecule has 0 aliphatic rings. The number of benzene rings is 1. The van der Waals surface area contributed by atoms with Crippen LogP contribution in [0.1, 0.15) is 28.5 Å². The summed E-state index contributed by atoms with van der Waals surface area (Å²) in [4.78, 5) is 22.7. The molecule has 1 amide bonds. The number of aryl methyl sites for hydroxylation is 2. The third-order valence-corrected chi connectivity index (χ3v) is 3.30. The van der Waals surface area contributed by atoms with Gasteiger partial charge in [-0.2, -0.15) is 5.10 Å². The van der Waals surface area contributed by atoms with Gasteiger partial charge in [0, 0.05) is 24.4 Å². The highest BCUT2D eigenvalue weighted by Crippen LogP contribution is 2.23. The summed E-state index contributed by atoms with van der Waals surface area (Å²) in [5.41, 5.74) is 2.21. The lowest BCUT2D eigenvalue weighted by Gasteiger charge is -2.07. The van der Waals surface area contributed by atoms with Crippen molar-refractivity contribution in [1.29, 1.82) is 0 Å². The van der Waals surface area contributed by atoms with E-state index in [0.717, 1.165) is 5.69 Å². The number of hydrogen-bond donors (Lipinski definition) is 1. The van der Waals surface area contributed by atoms with Crippen LogP contribution in [0.2, 0.25) is 0 Å². The third-order valence-electron chi connectivity index (χ3n) is 3.30. The first-order chi connectivity index (χ1) is 9.93. The molecular formula is C14H16N4O3. The molecule has 1 aromatic carbocycles. The van der Waals surface area contributed by atoms with Crippen LogP contribution in [0.3, 0.4) is 0 Å². The maximum atomic E-state index is 12.2. The molecule has 0 saturated carbocycles. The van der Waals surface area contributed by atoms with Crippen LogP contribution in [-0.4, -0.2) is 20.6 Å². The molecule has 110 valence electrons. The Morgan fingerprint density at radius 2 is 2.19 bits per heavy atom. The molecule has 2 rings (SSSR count). The minimum Gasteiger partial charge on any atom is -0.322 e. The minimum atomic E-state index is -0.466. The molecule has 7 heteroatoms. The first-order valence-corrected chi connectivity index (χ1v) is 6.51. The van der Waals surface area contributed by atoms with Gasteiger partial charge < -0.3 is 5.32 Å². The molecule has 2 aromatic rings. The first-order valence-electron chi connectivity index (χ1n) is 6.51. The summed E-state index contributed by atoms with van der Waals surface area (Å²) in [5.74, 6) is -0.321. The quantitative estimate of drug-likeness (QED) is 0.691. The van der Waals surface area contributed by atoms with Crippen LogP contribution in [0, 0.1) is 17.0 Å². The highest BCUT2D eigenvalue weighted by Gasteiger charge is 2.17. The smallest absolute Gasteiger partial charge is 0.274 e. The van der Waals surface area contributed by atoms with Gasteiger partial charge in [-0.1, -0.05) is 13.0 Å². The average molecular weight is 288 g/mol. The molecular weight excluding hydrogens is 272 g/mol. The summed E-state index contributed by atoms with van der Waals surface area (Å²) in [6.45, 7) is 3.59. The summed E-state index contributed by atoms with van der Waals surface area (Å²) in [6, 6.07) is 4.61. The van der Waals surface area contributed by atoms with E-state index in [9.17, 15) is 14.9 Å². The van der Waals surface area contributed by atoms with Crippen LogP contribution in [0.4, 0.5) is 11.4 Å². The van der Waals surface area contributed by atoms with Gasteiger partial charge in [-0.05, 0) is 19.4 Å². The van der Waals surface area contributed by atoms with Crippen molar-refractivity contribution in [3.05, 3.63) is 51.3 Å². The predicted octanol–water partition coefficient (Wildman–Crippen LogP) is 2.45. The Labute approximate surface area is 121 Å². The van der Waals surface area contributed by atoms with Gasteiger partial charge in [0.1, 0.15) is 0 Å². The molecule has 0 unspecified atom stereocenters. The van der Waals surface area contributed by atoms with Crippen LogP contribution in [0.5, 0.6) is 0 Å². The molecule has 1 heterocycles. The van der Waals surface area contributed by atoms with Crippen molar-refractivity contribution >= 4 is 17.3 Å². The van der Waals surface area contributed by atoms with Gasteiger partial charge in [-0.3, -0.25) is 19.6 Å². The van der Waals surface area contributed by atoms with Gasteiger partial charge in [-0.15, -0.1) is 0 Å². The second kappa shape index (κ2) is 5.74. The average Bonchev–Trinajstić information content (AvgIpc) is 2.81. The topological polar surface area (TPSA) is 90.1 Å². The molecule has 0 saturated heterocycles. The Morgan fingerprint density at radius 1 is 1.48 bits per heavy atom. The number of hydrogen-bond acceptors (Lipinski definition) is 4. The molecule has 0 bridgehead atoms. The van der Waals surface area contributed by atoms with Gasteiger partial charge in [0.15, 0.2) is 0 Å². The molecule has 21 heavy (non-hydrogen) atoms. The minimum absolute atomic E-state index is 0.0188. The summed E-state index contributed by atoms with van der Waals surface area (Å²) >= 11 is 0. The molecule has 0 fully saturated rings. The summed E-state index contributed by atoms with van der Waals surface area (Å²) in [5, 5.41) is 17.6. The molecule has 0 aliphatic carbocycles. The maximum Gasteiger partial charge on any atom is 0.274 e. The van der Waals surface area contributed by atoms with E-state index in [2.05, 4.69) is 10.4 Å². The van der Waals surface area contributed by atoms with Crippen molar-refractivity contribution in [2.75, 3.05) is 5.32 Å². The van der Waals surface area contributed by atoms with Crippen LogP contribution < -0.4 is 5.32 Å². The van der Waals surface area contributed by atoms with Crippen molar-refractivity contribution in [1.82, 2.24) is 9.78 Å². The number of nitro benzene ring substituents is 1. The molecule has 0 aliphatic heterocycles. The number of nitrogens with zero attached hydrogens (tertiary/aromatic N) is 3. The molecule has 7 nitrogen and oxygen atoms in total. The lowest BCUT2D eigenvalue weighted by molar-refractivity contribution is -0.385. The number of nitro groups is 1. The number of amides is 1. The fourth-order valence-electron chi connectivity index (χ4n) is 2.15. The Hall–Kier alpha value is -2.70. The van der Waals surface area contributed by atoms with E-state index in [1.54, 1.807) is 30.8 Å². The third kappa shape index (κ3) is 2.91. The van der Waals surface area contributed by atoms with Crippen LogP contribution >= 0.6 is 0 Å². The standard InChI is InChI=1S/C14H16N4O3/c1-4-12-11(8-15-17(12)3)14(19)16-10-6-5-9(2)13(7-10)18(20)21/h5-8H,4H2,1-3H3,(H,16,19). The van der Waals surface area contributed by atoms with Crippen molar-refractivity contribution in [3.8, 4) is 0 Å². The number of carbonyl (C=O) groups is 1. The molecule has 1 aromatic heterocycles. The summed E-state index contributed by atoms with van der Waals surface area (Å²) < 4.78 is 1.65. The second-order valence-corrected chi connectivity index (χ2v) is 4.69. The largest absolute Gasteiger partial charge is 0.322 e. The fraction of sp³-hybridized carbons (Fsp3) is 0.286. The van der Waals surface area contributed by atoms with E-state index in [1.807, 2.05) is 6.92 Å². The second-order valence-electron chi connectivity index (χ2n) is 4.69. The number of carbonyl (C=O) groups excluding carboxylic acids is 1. The molecule has 0 radical (unpaired) electrons. The zero-order valence-electron chi connectivity index (χ0n) is 12.1. The molecule has 0 atom stereocenters. The SMILES string of the molecule is CCc1c(C(=O)Nc2ccc(C)c([N+](=O)[O-])c2)cnn1C. The highest BCUT2D eigenvalue weighted by molar-refractivity contribution is 6.05. The van der Waals surface area contributed by atoms with Gasteiger partial charge in [-0.25, -0.2) is 0 Å². The van der Waals surface area contributed by atoms with E-state index in [-0.39, 0.29) is 11.6 Å². The Balaban J connectivity index is 2.27. The van der Waals surface area contributed by atoms with E-state index in [0.29, 0.717) is 23.2 Å². The zero-order valence-corrected chi connectivity index (χ0v) is 12.1. The zero-order chi connectivity index (χ0) is 15.6. The number of nitrogens with one attached hydrogen (secondary N) is 1. The summed E-state index contributed by atoms with van der Waals surface area (Å²) in [6.07, 6.45) is 2.17. The van der Waals surface area contributed by atoms with Crippen molar-refractivity contribution in [2.24, 2.45) is 7.05 Å². The van der Waals surface area contributed by atoms with Crippen molar-refractivity contribution < 1.29 is 9.72 Å². The Kier molecular flexibility index (Phi) is 4.02. The van der Waals surface area contributed by atoms with Crippen molar-refractivity contribution in [3.63, 3.8) is 0 Å². The van der Waals surface area contributed by atoms with E-state index in [1.165, 1.54) is 12.3 Å². The highest BCUT2D eigenvalue weighted by atomic mass is 16.6. The van der Waals surface area contributed by atoms with Gasteiger partial charge in [0.05, 0.1) is 22.4 Å². The van der Waals surface area contributed by atoms with Gasteiger partial charge in [0.25, 0.3) is 11.6 Å². The number of rotatable bonds is 4. The Morgan fingerprint density at radius 3 is 2.81 bits per heavy atom. The monoisotopic (exact) mass is 288 g/mol. The van der Waals surface area contributed by atoms with Gasteiger partial charge in [0.2, 0.25) is 0 Å². The van der Waals surface area contributed by atoms with Crippen LogP contribution in [0.15, 0.2) is 24.4 Å². The van der Waals surface area contributed by atoms with E-state index < -0.39 is 4.92 Å². The fourth-order valence-corrected chi connectivity index (χ4v) is 2.15. The summed E-state index contributed by atoms with van der Waals surface area (Å²) in [7, 11) is 1.77. The van der Waals surface area contributed by atoms with Crippen molar-refractivity contribution in [2.45, 2.75) is 20.3 Å². The van der Waals surface area contributed by atoms with E-state index >= 15 is 0 Å². The number of aromatic nitrogens is 2. The normalized spacial score (nSPS) is 10.4. The molecule has 0 spiro atoms. The molecule has 1 N–H and O–H groups in total. The maximum absolute atomic E-state index is 12.2. The Bertz CT molecular complexity index is 706. The predicted molar refractivity (Wildman–Crippen MR) is 78.4 cm³/mol. The lowest BCUT2D eigenvalue weighted by Crippen LogP contribution is -2.14. The van der Waals surface area contributed by atoms with Gasteiger partial charge >= 0.3 is 0 Å². The van der Waals surface area contributed by atoms with Crippen LogP contribution in [0.25, 0.3) is 0 Å². The van der Waals surface area contributed by atoms with Crippen LogP contribution in [-0.2, 0) is 13.5 Å². The van der Waals surface area contributed by atoms with E-state index in [4.69, 9.17) is 0 Å².